The monoisotopic (exact) mass is 479 g/mol. The lowest BCUT2D eigenvalue weighted by Gasteiger charge is -2.24. The molecule has 0 bridgehead atoms. The van der Waals surface area contributed by atoms with Crippen molar-refractivity contribution in [1.29, 1.82) is 0 Å². The summed E-state index contributed by atoms with van der Waals surface area (Å²) in [5, 5.41) is 11.8. The first kappa shape index (κ1) is 25.8. The molecular weight excluding hydrogens is 454 g/mol. The van der Waals surface area contributed by atoms with Crippen LogP contribution in [0.3, 0.4) is 0 Å². The predicted molar refractivity (Wildman–Crippen MR) is 121 cm³/mol. The lowest BCUT2D eigenvalue weighted by molar-refractivity contribution is -0.385. The van der Waals surface area contributed by atoms with Gasteiger partial charge in [0, 0.05) is 43.2 Å². The number of nitro groups is 1. The van der Waals surface area contributed by atoms with Crippen LogP contribution in [-0.4, -0.2) is 57.6 Å². The fourth-order valence-electron chi connectivity index (χ4n) is 2.78. The summed E-state index contributed by atoms with van der Waals surface area (Å²) in [6.07, 6.45) is 3.22. The van der Waals surface area contributed by atoms with E-state index in [-0.39, 0.29) is 40.0 Å². The van der Waals surface area contributed by atoms with Gasteiger partial charge >= 0.3 is 11.8 Å². The first-order valence-electron chi connectivity index (χ1n) is 10.1. The summed E-state index contributed by atoms with van der Waals surface area (Å²) in [6.45, 7) is 5.87. The van der Waals surface area contributed by atoms with Crippen LogP contribution in [0.4, 0.5) is 10.5 Å². The Morgan fingerprint density at radius 1 is 1.21 bits per heavy atom. The van der Waals surface area contributed by atoms with Gasteiger partial charge in [-0.15, -0.1) is 0 Å². The molecule has 0 spiro atoms. The molecule has 178 valence electrons. The van der Waals surface area contributed by atoms with Gasteiger partial charge in [-0.3, -0.25) is 14.9 Å². The molecule has 0 aliphatic rings. The SMILES string of the molecule is CN(CCCCOc1cc(C(N)=O)cc(-c2cnc(Cl)nc2)c1[N+](=O)[O-])C(=O)OC(C)(C)C. The van der Waals surface area contributed by atoms with Crippen molar-refractivity contribution in [3.05, 3.63) is 45.5 Å². The molecule has 12 heteroatoms. The molecule has 0 radical (unpaired) electrons. The summed E-state index contributed by atoms with van der Waals surface area (Å²) in [5.74, 6) is -0.883. The van der Waals surface area contributed by atoms with Crippen LogP contribution in [0.15, 0.2) is 24.5 Å². The number of ether oxygens (including phenoxy) is 2. The second-order valence-corrected chi connectivity index (χ2v) is 8.53. The van der Waals surface area contributed by atoms with Gasteiger partial charge in [-0.1, -0.05) is 0 Å². The maximum absolute atomic E-state index is 12.0. The molecule has 0 saturated carbocycles. The average molecular weight is 480 g/mol. The first-order chi connectivity index (χ1) is 15.4. The van der Waals surface area contributed by atoms with Crippen LogP contribution >= 0.6 is 11.6 Å². The minimum Gasteiger partial charge on any atom is -0.487 e. The van der Waals surface area contributed by atoms with Gasteiger partial charge in [0.05, 0.1) is 17.1 Å². The Bertz CT molecular complexity index is 1020. The van der Waals surface area contributed by atoms with Crippen LogP contribution in [0.5, 0.6) is 5.75 Å². The predicted octanol–water partition coefficient (Wildman–Crippen LogP) is 3.83. The van der Waals surface area contributed by atoms with E-state index in [1.165, 1.54) is 29.4 Å². The zero-order valence-electron chi connectivity index (χ0n) is 18.8. The summed E-state index contributed by atoms with van der Waals surface area (Å²) in [5.41, 5.74) is 4.84. The van der Waals surface area contributed by atoms with Crippen molar-refractivity contribution in [1.82, 2.24) is 14.9 Å². The van der Waals surface area contributed by atoms with Crippen LogP contribution in [0, 0.1) is 10.1 Å². The highest BCUT2D eigenvalue weighted by Crippen LogP contribution is 2.39. The van der Waals surface area contributed by atoms with Gasteiger partial charge in [0.15, 0.2) is 5.75 Å². The second-order valence-electron chi connectivity index (χ2n) is 8.19. The van der Waals surface area contributed by atoms with Crippen LogP contribution in [0.25, 0.3) is 11.1 Å². The van der Waals surface area contributed by atoms with Gasteiger partial charge in [-0.2, -0.15) is 0 Å². The standard InChI is InChI=1S/C21H26ClN5O6/c1-21(2,3)33-20(29)26(4)7-5-6-8-32-16-10-13(18(23)28)9-15(17(16)27(30)31)14-11-24-19(22)25-12-14/h9-12H,5-8H2,1-4H3,(H2,23,28). The number of halogens is 1. The van der Waals surface area contributed by atoms with Gasteiger partial charge in [-0.05, 0) is 51.3 Å². The second kappa shape index (κ2) is 10.9. The fraction of sp³-hybridized carbons (Fsp3) is 0.429. The van der Waals surface area contributed by atoms with Crippen molar-refractivity contribution in [2.45, 2.75) is 39.2 Å². The van der Waals surface area contributed by atoms with Crippen molar-refractivity contribution in [3.63, 3.8) is 0 Å². The lowest BCUT2D eigenvalue weighted by atomic mass is 10.0. The van der Waals surface area contributed by atoms with E-state index in [1.807, 2.05) is 0 Å². The normalized spacial score (nSPS) is 11.1. The summed E-state index contributed by atoms with van der Waals surface area (Å²) in [7, 11) is 1.62. The first-order valence-corrected chi connectivity index (χ1v) is 10.4. The topological polar surface area (TPSA) is 151 Å². The third-order valence-corrected chi connectivity index (χ3v) is 4.52. The Hall–Kier alpha value is -3.47. The van der Waals surface area contributed by atoms with E-state index in [1.54, 1.807) is 27.8 Å². The number of rotatable bonds is 9. The lowest BCUT2D eigenvalue weighted by Crippen LogP contribution is -2.34. The largest absolute Gasteiger partial charge is 0.487 e. The molecule has 0 saturated heterocycles. The molecule has 2 N–H and O–H groups in total. The van der Waals surface area contributed by atoms with E-state index >= 15 is 0 Å². The highest BCUT2D eigenvalue weighted by atomic mass is 35.5. The molecule has 11 nitrogen and oxygen atoms in total. The third kappa shape index (κ3) is 7.56. The summed E-state index contributed by atoms with van der Waals surface area (Å²) >= 11 is 5.70. The molecule has 1 heterocycles. The van der Waals surface area contributed by atoms with Crippen molar-refractivity contribution >= 4 is 29.3 Å². The molecule has 0 atom stereocenters. The minimum atomic E-state index is -0.773. The maximum Gasteiger partial charge on any atom is 0.410 e. The third-order valence-electron chi connectivity index (χ3n) is 4.32. The molecule has 0 aliphatic carbocycles. The van der Waals surface area contributed by atoms with Crippen LogP contribution < -0.4 is 10.5 Å². The number of hydrogen-bond donors (Lipinski definition) is 1. The number of aromatic nitrogens is 2. The molecule has 33 heavy (non-hydrogen) atoms. The summed E-state index contributed by atoms with van der Waals surface area (Å²) in [4.78, 5) is 44.1. The Morgan fingerprint density at radius 3 is 2.39 bits per heavy atom. The number of carbonyl (C=O) groups excluding carboxylic acids is 2. The van der Waals surface area contributed by atoms with E-state index in [0.717, 1.165) is 0 Å². The minimum absolute atomic E-state index is 0.0275. The number of primary amides is 1. The number of nitrogens with zero attached hydrogens (tertiary/aromatic N) is 4. The molecule has 0 fully saturated rings. The number of nitro benzene ring substituents is 1. The molecule has 0 aliphatic heterocycles. The highest BCUT2D eigenvalue weighted by Gasteiger charge is 2.26. The Balaban J connectivity index is 2.14. The molecular formula is C21H26ClN5O6. The van der Waals surface area contributed by atoms with Crippen molar-refractivity contribution in [2.24, 2.45) is 5.73 Å². The van der Waals surface area contributed by atoms with Crippen LogP contribution in [-0.2, 0) is 4.74 Å². The molecule has 1 aromatic heterocycles. The fourth-order valence-corrected chi connectivity index (χ4v) is 2.88. The van der Waals surface area contributed by atoms with Crippen LogP contribution in [0.1, 0.15) is 44.0 Å². The van der Waals surface area contributed by atoms with E-state index in [2.05, 4.69) is 9.97 Å². The maximum atomic E-state index is 12.0. The molecule has 2 rings (SSSR count). The molecule has 2 amide bonds. The van der Waals surface area contributed by atoms with E-state index < -0.39 is 22.5 Å². The quantitative estimate of drug-likeness (QED) is 0.246. The van der Waals surface area contributed by atoms with Gasteiger partial charge in [-0.25, -0.2) is 14.8 Å². The molecule has 0 unspecified atom stereocenters. The van der Waals surface area contributed by atoms with Crippen molar-refractivity contribution in [2.75, 3.05) is 20.2 Å². The van der Waals surface area contributed by atoms with Gasteiger partial charge in [0.2, 0.25) is 11.2 Å². The molecule has 1 aromatic carbocycles. The summed E-state index contributed by atoms with van der Waals surface area (Å²) in [6, 6.07) is 2.52. The molecule has 2 aromatic rings. The number of benzene rings is 1. The number of carbonyl (C=O) groups is 2. The zero-order chi connectivity index (χ0) is 24.8. The zero-order valence-corrected chi connectivity index (χ0v) is 19.6. The van der Waals surface area contributed by atoms with Crippen molar-refractivity contribution < 1.29 is 24.0 Å². The highest BCUT2D eigenvalue weighted by molar-refractivity contribution is 6.28. The van der Waals surface area contributed by atoms with Crippen LogP contribution in [0.2, 0.25) is 5.28 Å². The van der Waals surface area contributed by atoms with Gasteiger partial charge in [0.25, 0.3) is 0 Å². The Kier molecular flexibility index (Phi) is 8.52. The Labute approximate surface area is 196 Å². The van der Waals surface area contributed by atoms with Crippen molar-refractivity contribution in [3.8, 4) is 16.9 Å². The smallest absolute Gasteiger partial charge is 0.410 e. The Morgan fingerprint density at radius 2 is 1.85 bits per heavy atom. The number of hydrogen-bond acceptors (Lipinski definition) is 8. The van der Waals surface area contributed by atoms with E-state index in [0.29, 0.717) is 19.4 Å². The van der Waals surface area contributed by atoms with E-state index in [9.17, 15) is 19.7 Å². The van der Waals surface area contributed by atoms with E-state index in [4.69, 9.17) is 26.8 Å². The number of unbranched alkanes of at least 4 members (excludes halogenated alkanes) is 1. The summed E-state index contributed by atoms with van der Waals surface area (Å²) < 4.78 is 10.9. The van der Waals surface area contributed by atoms with Gasteiger partial charge < -0.3 is 20.1 Å². The number of amides is 2. The van der Waals surface area contributed by atoms with Gasteiger partial charge in [0.1, 0.15) is 5.60 Å². The number of nitrogens with two attached hydrogens (primary N) is 1. The average Bonchev–Trinajstić information content (AvgIpc) is 2.71.